The highest BCUT2D eigenvalue weighted by Gasteiger charge is 2.05. The third-order valence-corrected chi connectivity index (χ3v) is 2.47. The van der Waals surface area contributed by atoms with Crippen molar-refractivity contribution in [1.82, 2.24) is 9.13 Å². The van der Waals surface area contributed by atoms with Gasteiger partial charge in [-0.25, -0.2) is 4.79 Å². The Morgan fingerprint density at radius 3 is 2.71 bits per heavy atom. The summed E-state index contributed by atoms with van der Waals surface area (Å²) in [6.45, 7) is 0.401. The minimum atomic E-state index is -0.401. The van der Waals surface area contributed by atoms with Gasteiger partial charge in [-0.05, 0) is 6.26 Å². The van der Waals surface area contributed by atoms with Crippen molar-refractivity contribution in [3.05, 3.63) is 27.0 Å². The van der Waals surface area contributed by atoms with Crippen LogP contribution in [0.3, 0.4) is 0 Å². The molecule has 6 heteroatoms. The lowest BCUT2D eigenvalue weighted by Gasteiger charge is -2.06. The molecule has 0 aliphatic heterocycles. The van der Waals surface area contributed by atoms with Gasteiger partial charge in [0.2, 0.25) is 0 Å². The third-order valence-electron chi connectivity index (χ3n) is 1.88. The summed E-state index contributed by atoms with van der Waals surface area (Å²) < 4.78 is 2.48. The summed E-state index contributed by atoms with van der Waals surface area (Å²) in [5.41, 5.74) is 4.85. The van der Waals surface area contributed by atoms with Gasteiger partial charge >= 0.3 is 5.69 Å². The minimum Gasteiger partial charge on any atom is -0.393 e. The van der Waals surface area contributed by atoms with Crippen LogP contribution in [0.1, 0.15) is 0 Å². The van der Waals surface area contributed by atoms with Crippen molar-refractivity contribution >= 4 is 17.4 Å². The normalized spacial score (nSPS) is 10.4. The molecule has 0 fully saturated rings. The van der Waals surface area contributed by atoms with E-state index >= 15 is 0 Å². The first-order valence-electron chi connectivity index (χ1n) is 4.12. The minimum absolute atomic E-state index is 0.105. The van der Waals surface area contributed by atoms with Gasteiger partial charge in [-0.3, -0.25) is 9.36 Å². The van der Waals surface area contributed by atoms with E-state index in [0.717, 1.165) is 10.3 Å². The van der Waals surface area contributed by atoms with Crippen LogP contribution in [0, 0.1) is 0 Å². The number of nitrogen functional groups attached to an aromatic ring is 1. The van der Waals surface area contributed by atoms with E-state index in [9.17, 15) is 9.59 Å². The van der Waals surface area contributed by atoms with E-state index in [0.29, 0.717) is 6.54 Å². The largest absolute Gasteiger partial charge is 0.393 e. The number of aromatic nitrogens is 2. The fourth-order valence-electron chi connectivity index (χ4n) is 1.13. The quantitative estimate of drug-likeness (QED) is 0.737. The van der Waals surface area contributed by atoms with Crippen molar-refractivity contribution in [2.75, 3.05) is 17.7 Å². The fraction of sp³-hybridized carbons (Fsp3) is 0.500. The zero-order valence-corrected chi connectivity index (χ0v) is 9.00. The Morgan fingerprint density at radius 2 is 2.14 bits per heavy atom. The fourth-order valence-corrected chi connectivity index (χ4v) is 1.50. The molecule has 0 aliphatic carbocycles. The lowest BCUT2D eigenvalue weighted by atomic mass is 10.5. The topological polar surface area (TPSA) is 70.0 Å². The van der Waals surface area contributed by atoms with E-state index in [-0.39, 0.29) is 11.4 Å². The summed E-state index contributed by atoms with van der Waals surface area (Å²) in [4.78, 5) is 23.0. The van der Waals surface area contributed by atoms with Crippen LogP contribution in [0.5, 0.6) is 0 Å². The zero-order valence-electron chi connectivity index (χ0n) is 8.19. The van der Waals surface area contributed by atoms with Crippen LogP contribution < -0.4 is 17.0 Å². The highest BCUT2D eigenvalue weighted by atomic mass is 32.2. The smallest absolute Gasteiger partial charge is 0.330 e. The molecule has 78 valence electrons. The second-order valence-electron chi connectivity index (χ2n) is 2.93. The van der Waals surface area contributed by atoms with Crippen LogP contribution in [-0.2, 0) is 13.6 Å². The molecule has 0 bridgehead atoms. The molecule has 1 aromatic heterocycles. The van der Waals surface area contributed by atoms with Gasteiger partial charge in [-0.1, -0.05) is 0 Å². The second kappa shape index (κ2) is 4.36. The van der Waals surface area contributed by atoms with Crippen LogP contribution in [0.25, 0.3) is 0 Å². The monoisotopic (exact) mass is 215 g/mol. The summed E-state index contributed by atoms with van der Waals surface area (Å²) in [6.07, 6.45) is 3.27. The zero-order chi connectivity index (χ0) is 10.7. The van der Waals surface area contributed by atoms with Crippen LogP contribution >= 0.6 is 11.8 Å². The van der Waals surface area contributed by atoms with Crippen molar-refractivity contribution in [2.24, 2.45) is 7.05 Å². The standard InChI is InChI=1S/C8H13N3O2S/c1-10-5-6(9)7(12)11(8(10)13)3-4-14-2/h5H,3-4,9H2,1-2H3. The molecule has 0 aromatic carbocycles. The van der Waals surface area contributed by atoms with Gasteiger partial charge in [0.05, 0.1) is 0 Å². The van der Waals surface area contributed by atoms with Gasteiger partial charge in [0.1, 0.15) is 5.69 Å². The number of nitrogens with two attached hydrogens (primary N) is 1. The molecule has 5 nitrogen and oxygen atoms in total. The van der Waals surface area contributed by atoms with E-state index < -0.39 is 5.56 Å². The van der Waals surface area contributed by atoms with Crippen LogP contribution in [0.2, 0.25) is 0 Å². The summed E-state index contributed by atoms with van der Waals surface area (Å²) >= 11 is 1.58. The lowest BCUT2D eigenvalue weighted by molar-refractivity contribution is 0.629. The molecule has 0 spiro atoms. The van der Waals surface area contributed by atoms with Gasteiger partial charge in [-0.2, -0.15) is 11.8 Å². The maximum absolute atomic E-state index is 11.5. The number of nitrogens with zero attached hydrogens (tertiary/aromatic N) is 2. The first kappa shape index (κ1) is 10.9. The van der Waals surface area contributed by atoms with E-state index in [1.165, 1.54) is 10.8 Å². The summed E-state index contributed by atoms with van der Waals surface area (Å²) in [5.74, 6) is 0.721. The van der Waals surface area contributed by atoms with Gasteiger partial charge < -0.3 is 10.3 Å². The molecule has 2 N–H and O–H groups in total. The molecule has 1 heterocycles. The maximum Gasteiger partial charge on any atom is 0.330 e. The predicted molar refractivity (Wildman–Crippen MR) is 58.7 cm³/mol. The number of hydrogen-bond acceptors (Lipinski definition) is 4. The second-order valence-corrected chi connectivity index (χ2v) is 3.91. The predicted octanol–water partition coefficient (Wildman–Crippen LogP) is -0.508. The molecular weight excluding hydrogens is 202 g/mol. The van der Waals surface area contributed by atoms with Gasteiger partial charge in [-0.15, -0.1) is 0 Å². The summed E-state index contributed by atoms with van der Waals surface area (Å²) in [6, 6.07) is 0. The first-order valence-corrected chi connectivity index (χ1v) is 5.52. The van der Waals surface area contributed by atoms with E-state index in [2.05, 4.69) is 0 Å². The average Bonchev–Trinajstić information content (AvgIpc) is 2.15. The van der Waals surface area contributed by atoms with Crippen molar-refractivity contribution < 1.29 is 0 Å². The lowest BCUT2D eigenvalue weighted by Crippen LogP contribution is -2.40. The van der Waals surface area contributed by atoms with Crippen LogP contribution in [-0.4, -0.2) is 21.1 Å². The molecule has 0 atom stereocenters. The van der Waals surface area contributed by atoms with E-state index in [1.54, 1.807) is 18.8 Å². The molecule has 0 saturated heterocycles. The van der Waals surface area contributed by atoms with Gasteiger partial charge in [0.25, 0.3) is 5.56 Å². The molecule has 1 rings (SSSR count). The van der Waals surface area contributed by atoms with Gasteiger partial charge in [0, 0.05) is 25.5 Å². The summed E-state index contributed by atoms with van der Waals surface area (Å²) in [7, 11) is 1.58. The Labute approximate surface area is 85.5 Å². The highest BCUT2D eigenvalue weighted by Crippen LogP contribution is 1.92. The Balaban J connectivity index is 3.26. The molecule has 0 unspecified atom stereocenters. The molecular formula is C8H13N3O2S. The average molecular weight is 215 g/mol. The maximum atomic E-state index is 11.5. The van der Waals surface area contributed by atoms with Crippen LogP contribution in [0.4, 0.5) is 5.69 Å². The molecule has 0 amide bonds. The van der Waals surface area contributed by atoms with Crippen LogP contribution in [0.15, 0.2) is 15.8 Å². The number of hydrogen-bond donors (Lipinski definition) is 1. The SMILES string of the molecule is CSCCn1c(=O)c(N)cn(C)c1=O. The molecule has 0 radical (unpaired) electrons. The molecule has 14 heavy (non-hydrogen) atoms. The Morgan fingerprint density at radius 1 is 1.50 bits per heavy atom. The van der Waals surface area contributed by atoms with Crippen molar-refractivity contribution in [1.29, 1.82) is 0 Å². The van der Waals surface area contributed by atoms with E-state index in [1.807, 2.05) is 6.26 Å². The number of rotatable bonds is 3. The number of aryl methyl sites for hydroxylation is 1. The van der Waals surface area contributed by atoms with E-state index in [4.69, 9.17) is 5.73 Å². The van der Waals surface area contributed by atoms with Crippen molar-refractivity contribution in [2.45, 2.75) is 6.54 Å². The number of thioether (sulfide) groups is 1. The Bertz CT molecular complexity index is 401. The van der Waals surface area contributed by atoms with Gasteiger partial charge in [0.15, 0.2) is 0 Å². The first-order chi connectivity index (χ1) is 6.57. The molecule has 0 aliphatic rings. The highest BCUT2D eigenvalue weighted by molar-refractivity contribution is 7.98. The van der Waals surface area contributed by atoms with Crippen molar-refractivity contribution in [3.8, 4) is 0 Å². The molecule has 0 saturated carbocycles. The molecule has 1 aromatic rings. The Kier molecular flexibility index (Phi) is 3.40. The number of anilines is 1. The third kappa shape index (κ3) is 2.01. The van der Waals surface area contributed by atoms with Crippen molar-refractivity contribution in [3.63, 3.8) is 0 Å². The summed E-state index contributed by atoms with van der Waals surface area (Å²) in [5, 5.41) is 0. The Hall–Kier alpha value is -1.17.